The average molecular weight is 314 g/mol. The number of halogens is 3. The Balaban J connectivity index is 2.10. The number of rotatable bonds is 4. The fourth-order valence-corrected chi connectivity index (χ4v) is 2.58. The van der Waals surface area contributed by atoms with Gasteiger partial charge in [-0.1, -0.05) is 53.0 Å². The average Bonchev–Trinajstić information content (AvgIpc) is 2.34. The molecule has 0 aliphatic rings. The van der Waals surface area contributed by atoms with E-state index < -0.39 is 0 Å². The van der Waals surface area contributed by atoms with Crippen molar-refractivity contribution in [2.24, 2.45) is 0 Å². The highest BCUT2D eigenvalue weighted by Gasteiger charge is 2.11. The van der Waals surface area contributed by atoms with Gasteiger partial charge in [-0.15, -0.1) is 0 Å². The van der Waals surface area contributed by atoms with Crippen molar-refractivity contribution in [1.29, 1.82) is 0 Å². The largest absolute Gasteiger partial charge is 0.299 e. The molecule has 2 rings (SSSR count). The first-order valence-electron chi connectivity index (χ1n) is 5.75. The Hall–Kier alpha value is -1.02. The molecular formula is C15H11Cl3O. The van der Waals surface area contributed by atoms with Gasteiger partial charge in [-0.25, -0.2) is 0 Å². The van der Waals surface area contributed by atoms with Crippen molar-refractivity contribution in [2.45, 2.75) is 12.8 Å². The van der Waals surface area contributed by atoms with Crippen molar-refractivity contribution >= 4 is 40.6 Å². The molecule has 0 spiro atoms. The van der Waals surface area contributed by atoms with E-state index in [1.165, 1.54) is 0 Å². The highest BCUT2D eigenvalue weighted by molar-refractivity contribution is 6.36. The molecule has 2 aromatic carbocycles. The van der Waals surface area contributed by atoms with Crippen molar-refractivity contribution in [2.75, 3.05) is 0 Å². The van der Waals surface area contributed by atoms with Crippen molar-refractivity contribution in [3.63, 3.8) is 0 Å². The van der Waals surface area contributed by atoms with Gasteiger partial charge in [0.1, 0.15) is 5.78 Å². The summed E-state index contributed by atoms with van der Waals surface area (Å²) in [6.45, 7) is 0. The lowest BCUT2D eigenvalue weighted by molar-refractivity contribution is -0.117. The summed E-state index contributed by atoms with van der Waals surface area (Å²) >= 11 is 18.0. The first-order valence-corrected chi connectivity index (χ1v) is 6.88. The third-order valence-electron chi connectivity index (χ3n) is 2.73. The Morgan fingerprint density at radius 2 is 1.53 bits per heavy atom. The zero-order valence-electron chi connectivity index (χ0n) is 10.00. The zero-order valence-corrected chi connectivity index (χ0v) is 12.3. The van der Waals surface area contributed by atoms with E-state index in [0.29, 0.717) is 27.1 Å². The molecule has 0 saturated carbocycles. The Bertz CT molecular complexity index is 588. The second-order valence-corrected chi connectivity index (χ2v) is 5.47. The van der Waals surface area contributed by atoms with Gasteiger partial charge in [0.15, 0.2) is 0 Å². The minimum Gasteiger partial charge on any atom is -0.299 e. The molecule has 1 nitrogen and oxygen atoms in total. The number of hydrogen-bond donors (Lipinski definition) is 0. The molecule has 4 heteroatoms. The maximum atomic E-state index is 12.0. The van der Waals surface area contributed by atoms with Gasteiger partial charge in [0.2, 0.25) is 0 Å². The normalized spacial score (nSPS) is 10.5. The van der Waals surface area contributed by atoms with E-state index in [2.05, 4.69) is 0 Å². The van der Waals surface area contributed by atoms with Crippen LogP contribution >= 0.6 is 34.8 Å². The molecular weight excluding hydrogens is 303 g/mol. The van der Waals surface area contributed by atoms with Crippen LogP contribution in [0.4, 0.5) is 0 Å². The van der Waals surface area contributed by atoms with Crippen LogP contribution in [0.1, 0.15) is 11.1 Å². The highest BCUT2D eigenvalue weighted by atomic mass is 35.5. The fourth-order valence-electron chi connectivity index (χ4n) is 1.84. The van der Waals surface area contributed by atoms with E-state index >= 15 is 0 Å². The summed E-state index contributed by atoms with van der Waals surface area (Å²) < 4.78 is 0. The smallest absolute Gasteiger partial charge is 0.141 e. The van der Waals surface area contributed by atoms with Gasteiger partial charge in [0, 0.05) is 27.9 Å². The number of carbonyl (C=O) groups is 1. The van der Waals surface area contributed by atoms with Gasteiger partial charge in [-0.05, 0) is 35.4 Å². The first kappa shape index (κ1) is 14.4. The molecule has 19 heavy (non-hydrogen) atoms. The molecule has 0 saturated heterocycles. The lowest BCUT2D eigenvalue weighted by atomic mass is 10.0. The van der Waals surface area contributed by atoms with Gasteiger partial charge in [0.25, 0.3) is 0 Å². The molecule has 98 valence electrons. The van der Waals surface area contributed by atoms with Crippen molar-refractivity contribution in [3.8, 4) is 0 Å². The summed E-state index contributed by atoms with van der Waals surface area (Å²) in [5, 5.41) is 1.67. The Labute approximate surface area is 127 Å². The summed E-state index contributed by atoms with van der Waals surface area (Å²) in [4.78, 5) is 12.0. The molecule has 0 amide bonds. The van der Waals surface area contributed by atoms with E-state index in [9.17, 15) is 4.79 Å². The van der Waals surface area contributed by atoms with Gasteiger partial charge in [-0.2, -0.15) is 0 Å². The number of benzene rings is 2. The number of carbonyl (C=O) groups excluding carboxylic acids is 1. The molecule has 0 aliphatic heterocycles. The number of ketones is 1. The molecule has 0 unspecified atom stereocenters. The van der Waals surface area contributed by atoms with E-state index in [-0.39, 0.29) is 12.2 Å². The van der Waals surface area contributed by atoms with Crippen LogP contribution in [0.15, 0.2) is 42.5 Å². The lowest BCUT2D eigenvalue weighted by Crippen LogP contribution is -2.07. The van der Waals surface area contributed by atoms with Crippen LogP contribution in [0.5, 0.6) is 0 Å². The molecule has 0 atom stereocenters. The van der Waals surface area contributed by atoms with Crippen LogP contribution in [0.3, 0.4) is 0 Å². The molecule has 0 aliphatic carbocycles. The van der Waals surface area contributed by atoms with Gasteiger partial charge in [-0.3, -0.25) is 4.79 Å². The second kappa shape index (κ2) is 6.42. The quantitative estimate of drug-likeness (QED) is 0.776. The SMILES string of the molecule is O=C(Cc1cccc(Cl)c1)Cc1c(Cl)cccc1Cl. The number of hydrogen-bond acceptors (Lipinski definition) is 1. The van der Waals surface area contributed by atoms with Crippen molar-refractivity contribution < 1.29 is 4.79 Å². The van der Waals surface area contributed by atoms with Gasteiger partial charge < -0.3 is 0 Å². The van der Waals surface area contributed by atoms with E-state index in [4.69, 9.17) is 34.8 Å². The summed E-state index contributed by atoms with van der Waals surface area (Å²) in [7, 11) is 0. The minimum atomic E-state index is 0.0530. The minimum absolute atomic E-state index is 0.0530. The summed E-state index contributed by atoms with van der Waals surface area (Å²) in [5.74, 6) is 0.0530. The topological polar surface area (TPSA) is 17.1 Å². The molecule has 0 heterocycles. The van der Waals surface area contributed by atoms with Crippen LogP contribution in [0.2, 0.25) is 15.1 Å². The van der Waals surface area contributed by atoms with Gasteiger partial charge in [0.05, 0.1) is 0 Å². The Morgan fingerprint density at radius 1 is 0.895 bits per heavy atom. The Kier molecular flexibility index (Phi) is 4.87. The monoisotopic (exact) mass is 312 g/mol. The van der Waals surface area contributed by atoms with Crippen LogP contribution in [0, 0.1) is 0 Å². The standard InChI is InChI=1S/C15H11Cl3O/c16-11-4-1-3-10(7-11)8-12(19)9-13-14(17)5-2-6-15(13)18/h1-7H,8-9H2. The number of Topliss-reactive ketones (excluding diaryl/α,β-unsaturated/α-hetero) is 1. The summed E-state index contributed by atoms with van der Waals surface area (Å²) in [6.07, 6.45) is 0.549. The van der Waals surface area contributed by atoms with Crippen LogP contribution in [-0.2, 0) is 17.6 Å². The van der Waals surface area contributed by atoms with E-state index in [0.717, 1.165) is 5.56 Å². The maximum absolute atomic E-state index is 12.0. The van der Waals surface area contributed by atoms with Crippen LogP contribution < -0.4 is 0 Å². The molecule has 0 fully saturated rings. The fraction of sp³-hybridized carbons (Fsp3) is 0.133. The third kappa shape index (κ3) is 3.97. The molecule has 0 N–H and O–H groups in total. The van der Waals surface area contributed by atoms with Crippen LogP contribution in [-0.4, -0.2) is 5.78 Å². The summed E-state index contributed by atoms with van der Waals surface area (Å²) in [5.41, 5.74) is 1.57. The molecule has 0 radical (unpaired) electrons. The molecule has 0 aromatic heterocycles. The second-order valence-electron chi connectivity index (χ2n) is 4.22. The van der Waals surface area contributed by atoms with Crippen LogP contribution in [0.25, 0.3) is 0 Å². The van der Waals surface area contributed by atoms with Gasteiger partial charge >= 0.3 is 0 Å². The lowest BCUT2D eigenvalue weighted by Gasteiger charge is -2.06. The predicted octanol–water partition coefficient (Wildman–Crippen LogP) is 5.00. The molecule has 0 bridgehead atoms. The molecule has 2 aromatic rings. The predicted molar refractivity (Wildman–Crippen MR) is 80.3 cm³/mol. The van der Waals surface area contributed by atoms with E-state index in [1.807, 2.05) is 12.1 Å². The third-order valence-corrected chi connectivity index (χ3v) is 3.67. The Morgan fingerprint density at radius 3 is 2.16 bits per heavy atom. The van der Waals surface area contributed by atoms with E-state index in [1.54, 1.807) is 30.3 Å². The maximum Gasteiger partial charge on any atom is 0.141 e. The highest BCUT2D eigenvalue weighted by Crippen LogP contribution is 2.25. The van der Waals surface area contributed by atoms with Crippen molar-refractivity contribution in [1.82, 2.24) is 0 Å². The summed E-state index contributed by atoms with van der Waals surface area (Å²) in [6, 6.07) is 12.5. The van der Waals surface area contributed by atoms with Crippen molar-refractivity contribution in [3.05, 3.63) is 68.7 Å². The first-order chi connectivity index (χ1) is 9.06. The zero-order chi connectivity index (χ0) is 13.8.